The third-order valence-corrected chi connectivity index (χ3v) is 5.48. The summed E-state index contributed by atoms with van der Waals surface area (Å²) in [6, 6.07) is 8.35. The highest BCUT2D eigenvalue weighted by Crippen LogP contribution is 2.30. The van der Waals surface area contributed by atoms with E-state index in [1.54, 1.807) is 37.6 Å². The van der Waals surface area contributed by atoms with Crippen molar-refractivity contribution in [2.45, 2.75) is 18.9 Å². The summed E-state index contributed by atoms with van der Waals surface area (Å²) in [6.45, 7) is 0. The Kier molecular flexibility index (Phi) is 5.01. The number of rotatable bonds is 3. The van der Waals surface area contributed by atoms with Gasteiger partial charge in [-0.05, 0) is 60.2 Å². The molecule has 2 aliphatic rings. The average Bonchev–Trinajstić information content (AvgIpc) is 2.80. The number of anilines is 1. The molecule has 5 nitrogen and oxygen atoms in total. The molecule has 0 spiro atoms. The predicted molar refractivity (Wildman–Crippen MR) is 110 cm³/mol. The minimum absolute atomic E-state index is 0.133. The van der Waals surface area contributed by atoms with Gasteiger partial charge in [0.25, 0.3) is 5.91 Å². The average molecular weight is 394 g/mol. The molecule has 142 valence electrons. The first kappa shape index (κ1) is 18.4. The number of amides is 2. The molecule has 2 aromatic rings. The summed E-state index contributed by atoms with van der Waals surface area (Å²) in [5, 5.41) is 3.38. The number of carbonyl (C=O) groups excluding carboxylic acids is 2. The molecule has 1 N–H and O–H groups in total. The zero-order chi connectivity index (χ0) is 19.7. The lowest BCUT2D eigenvalue weighted by Gasteiger charge is -2.24. The third-order valence-electron chi connectivity index (χ3n) is 5.24. The number of nitrogens with zero attached hydrogens (tertiary/aromatic N) is 2. The number of benzene rings is 1. The molecule has 1 aliphatic heterocycles. The van der Waals surface area contributed by atoms with Crippen LogP contribution in [-0.4, -0.2) is 29.9 Å². The first-order valence-electron chi connectivity index (χ1n) is 9.19. The van der Waals surface area contributed by atoms with Crippen LogP contribution in [0.15, 0.2) is 61.0 Å². The fourth-order valence-electron chi connectivity index (χ4n) is 3.68. The minimum atomic E-state index is -0.575. The number of hydrogen-bond donors (Lipinski definition) is 1. The van der Waals surface area contributed by atoms with Gasteiger partial charge in [0.15, 0.2) is 0 Å². The summed E-state index contributed by atoms with van der Waals surface area (Å²) < 4.78 is 0. The minimum Gasteiger partial charge on any atom is -0.340 e. The van der Waals surface area contributed by atoms with Crippen molar-refractivity contribution in [3.8, 4) is 0 Å². The van der Waals surface area contributed by atoms with E-state index in [1.807, 2.05) is 12.1 Å². The van der Waals surface area contributed by atoms with E-state index in [-0.39, 0.29) is 17.7 Å². The first-order chi connectivity index (χ1) is 13.5. The molecule has 0 radical (unpaired) electrons. The molecule has 2 atom stereocenters. The Bertz CT molecular complexity index is 985. The van der Waals surface area contributed by atoms with Crippen LogP contribution in [0.1, 0.15) is 28.8 Å². The molecule has 0 saturated carbocycles. The van der Waals surface area contributed by atoms with Crippen LogP contribution < -0.4 is 10.2 Å². The fourth-order valence-corrected chi connectivity index (χ4v) is 3.85. The van der Waals surface area contributed by atoms with Crippen molar-refractivity contribution in [1.82, 2.24) is 10.3 Å². The summed E-state index contributed by atoms with van der Waals surface area (Å²) in [5.74, 6) is -0.202. The Morgan fingerprint density at radius 3 is 2.71 bits per heavy atom. The molecule has 6 heteroatoms. The number of allylic oxidation sites excluding steroid dienone is 4. The molecular weight excluding hydrogens is 374 g/mol. The number of fused-ring (bicyclic) bond motifs is 1. The normalized spacial score (nSPS) is 21.6. The molecule has 4 rings (SSSR count). The van der Waals surface area contributed by atoms with Gasteiger partial charge in [-0.3, -0.25) is 14.6 Å². The SMILES string of the molecule is CN1C(=O)[C@@H](CC2C=CC(c3ccncc3)=CC2)NC(=O)c2ccc(Cl)cc21. The van der Waals surface area contributed by atoms with Crippen LogP contribution in [0.3, 0.4) is 0 Å². The maximum absolute atomic E-state index is 12.9. The fraction of sp³-hybridized carbons (Fsp3) is 0.227. The van der Waals surface area contributed by atoms with Gasteiger partial charge in [-0.2, -0.15) is 0 Å². The standard InChI is InChI=1S/C22H20ClN3O2/c1-26-20-13-17(23)6-7-18(20)21(27)25-19(22(26)28)12-14-2-4-15(5-3-14)16-8-10-24-11-9-16/h2,4-11,13-14,19H,3,12H2,1H3,(H,25,27)/t14?,19-/m1/s1. The molecule has 0 saturated heterocycles. The van der Waals surface area contributed by atoms with Crippen LogP contribution in [0.5, 0.6) is 0 Å². The van der Waals surface area contributed by atoms with Crippen molar-refractivity contribution < 1.29 is 9.59 Å². The summed E-state index contributed by atoms with van der Waals surface area (Å²) in [5.41, 5.74) is 3.27. The number of hydrogen-bond acceptors (Lipinski definition) is 3. The van der Waals surface area contributed by atoms with E-state index >= 15 is 0 Å². The number of aromatic nitrogens is 1. The second-order valence-electron chi connectivity index (χ2n) is 7.07. The van der Waals surface area contributed by atoms with Crippen molar-refractivity contribution >= 4 is 34.7 Å². The molecule has 1 aromatic heterocycles. The Labute approximate surface area is 168 Å². The van der Waals surface area contributed by atoms with Gasteiger partial charge in [0.1, 0.15) is 6.04 Å². The highest BCUT2D eigenvalue weighted by Gasteiger charge is 2.33. The zero-order valence-electron chi connectivity index (χ0n) is 15.4. The van der Waals surface area contributed by atoms with Gasteiger partial charge in [0, 0.05) is 24.5 Å². The molecule has 1 aromatic carbocycles. The van der Waals surface area contributed by atoms with Gasteiger partial charge in [-0.15, -0.1) is 0 Å². The molecule has 0 bridgehead atoms. The predicted octanol–water partition coefficient (Wildman–Crippen LogP) is 3.86. The monoisotopic (exact) mass is 393 g/mol. The van der Waals surface area contributed by atoms with Crippen molar-refractivity contribution in [3.63, 3.8) is 0 Å². The molecule has 1 unspecified atom stereocenters. The lowest BCUT2D eigenvalue weighted by molar-refractivity contribution is -0.120. The van der Waals surface area contributed by atoms with Crippen molar-refractivity contribution in [3.05, 3.63) is 77.1 Å². The van der Waals surface area contributed by atoms with E-state index in [4.69, 9.17) is 11.6 Å². The topological polar surface area (TPSA) is 62.3 Å². The molecule has 2 heterocycles. The Hall–Kier alpha value is -2.92. The third kappa shape index (κ3) is 3.58. The van der Waals surface area contributed by atoms with E-state index in [0.717, 1.165) is 17.6 Å². The highest BCUT2D eigenvalue weighted by atomic mass is 35.5. The van der Waals surface area contributed by atoms with Crippen LogP contribution in [0.4, 0.5) is 5.69 Å². The lowest BCUT2D eigenvalue weighted by atomic mass is 9.88. The van der Waals surface area contributed by atoms with E-state index < -0.39 is 6.04 Å². The zero-order valence-corrected chi connectivity index (χ0v) is 16.2. The van der Waals surface area contributed by atoms with Crippen molar-refractivity contribution in [2.24, 2.45) is 5.92 Å². The Balaban J connectivity index is 1.49. The van der Waals surface area contributed by atoms with E-state index in [2.05, 4.69) is 28.5 Å². The van der Waals surface area contributed by atoms with Crippen molar-refractivity contribution in [2.75, 3.05) is 11.9 Å². The van der Waals surface area contributed by atoms with Crippen LogP contribution in [-0.2, 0) is 4.79 Å². The van der Waals surface area contributed by atoms with Gasteiger partial charge in [-0.1, -0.05) is 29.8 Å². The van der Waals surface area contributed by atoms with Crippen LogP contribution in [0.25, 0.3) is 5.57 Å². The maximum Gasteiger partial charge on any atom is 0.254 e. The lowest BCUT2D eigenvalue weighted by Crippen LogP contribution is -2.45. The van der Waals surface area contributed by atoms with Gasteiger partial charge in [-0.25, -0.2) is 0 Å². The van der Waals surface area contributed by atoms with Crippen LogP contribution in [0.2, 0.25) is 5.02 Å². The van der Waals surface area contributed by atoms with Gasteiger partial charge < -0.3 is 10.2 Å². The maximum atomic E-state index is 12.9. The highest BCUT2D eigenvalue weighted by molar-refractivity contribution is 6.31. The molecule has 0 fully saturated rings. The Morgan fingerprint density at radius 2 is 2.00 bits per heavy atom. The number of halogens is 1. The number of nitrogens with one attached hydrogen (secondary N) is 1. The molecule has 28 heavy (non-hydrogen) atoms. The van der Waals surface area contributed by atoms with E-state index in [9.17, 15) is 9.59 Å². The number of pyridine rings is 1. The Morgan fingerprint density at radius 1 is 1.21 bits per heavy atom. The van der Waals surface area contributed by atoms with E-state index in [0.29, 0.717) is 22.7 Å². The van der Waals surface area contributed by atoms with E-state index in [1.165, 1.54) is 4.90 Å². The second-order valence-corrected chi connectivity index (χ2v) is 7.51. The van der Waals surface area contributed by atoms with Crippen LogP contribution >= 0.6 is 11.6 Å². The summed E-state index contributed by atoms with van der Waals surface area (Å²) in [7, 11) is 1.68. The molecular formula is C22H20ClN3O2. The van der Waals surface area contributed by atoms with Gasteiger partial charge >= 0.3 is 0 Å². The smallest absolute Gasteiger partial charge is 0.254 e. The summed E-state index contributed by atoms with van der Waals surface area (Å²) in [4.78, 5) is 31.1. The number of likely N-dealkylation sites (N-methyl/N-ethyl adjacent to an activating group) is 1. The largest absolute Gasteiger partial charge is 0.340 e. The second kappa shape index (κ2) is 7.60. The van der Waals surface area contributed by atoms with Gasteiger partial charge in [0.05, 0.1) is 11.3 Å². The molecule has 1 aliphatic carbocycles. The van der Waals surface area contributed by atoms with Gasteiger partial charge in [0.2, 0.25) is 5.91 Å². The molecule has 2 amide bonds. The number of carbonyl (C=O) groups is 2. The quantitative estimate of drug-likeness (QED) is 0.861. The van der Waals surface area contributed by atoms with Crippen LogP contribution in [0, 0.1) is 5.92 Å². The first-order valence-corrected chi connectivity index (χ1v) is 9.57. The summed E-state index contributed by atoms with van der Waals surface area (Å²) >= 11 is 6.06. The van der Waals surface area contributed by atoms with Crippen molar-refractivity contribution in [1.29, 1.82) is 0 Å². The summed E-state index contributed by atoms with van der Waals surface area (Å²) in [6.07, 6.45) is 11.3.